The largest absolute Gasteiger partial charge is 0.384 e. The van der Waals surface area contributed by atoms with Gasteiger partial charge >= 0.3 is 6.03 Å². The van der Waals surface area contributed by atoms with Gasteiger partial charge in [0.25, 0.3) is 5.91 Å². The molecular formula is C26H35N7O3. The zero-order chi connectivity index (χ0) is 25.4. The van der Waals surface area contributed by atoms with Crippen molar-refractivity contribution in [1.82, 2.24) is 25.0 Å². The van der Waals surface area contributed by atoms with E-state index in [2.05, 4.69) is 15.4 Å². The summed E-state index contributed by atoms with van der Waals surface area (Å²) in [5.41, 5.74) is 6.63. The number of carbonyl (C=O) groups excluding carboxylic acids is 3. The normalized spacial score (nSPS) is 23.2. The number of hydrogen-bond acceptors (Lipinski definition) is 6. The number of urea groups is 1. The smallest absolute Gasteiger partial charge is 0.325 e. The summed E-state index contributed by atoms with van der Waals surface area (Å²) in [4.78, 5) is 47.1. The Morgan fingerprint density at radius 1 is 1.17 bits per heavy atom. The Bertz CT molecular complexity index is 1140. The van der Waals surface area contributed by atoms with E-state index in [1.54, 1.807) is 49.4 Å². The molecule has 10 heteroatoms. The number of nitrogen functional groups attached to an aromatic ring is 1. The number of rotatable bonds is 7. The van der Waals surface area contributed by atoms with Crippen LogP contribution in [0.4, 0.5) is 16.4 Å². The second kappa shape index (κ2) is 9.91. The number of aromatic nitrogens is 3. The van der Waals surface area contributed by atoms with Crippen molar-refractivity contribution in [3.8, 4) is 0 Å². The first-order valence-electron chi connectivity index (χ1n) is 12.9. The minimum absolute atomic E-state index is 0.0638. The molecule has 2 aromatic heterocycles. The number of pyridine rings is 1. The van der Waals surface area contributed by atoms with Crippen molar-refractivity contribution in [2.75, 3.05) is 17.7 Å². The van der Waals surface area contributed by atoms with Crippen molar-refractivity contribution >= 4 is 29.5 Å². The number of β-lactam (4-membered cyclic amide) rings is 1. The molecule has 10 nitrogen and oxygen atoms in total. The van der Waals surface area contributed by atoms with Crippen LogP contribution in [-0.2, 0) is 23.1 Å². The molecule has 3 atom stereocenters. The van der Waals surface area contributed by atoms with Crippen LogP contribution in [0.3, 0.4) is 0 Å². The van der Waals surface area contributed by atoms with Gasteiger partial charge in [0.1, 0.15) is 11.9 Å². The number of carbonyl (C=O) groups is 3. The first-order chi connectivity index (χ1) is 17.3. The highest BCUT2D eigenvalue weighted by molar-refractivity contribution is 6.12. The van der Waals surface area contributed by atoms with Crippen molar-refractivity contribution in [3.63, 3.8) is 0 Å². The summed E-state index contributed by atoms with van der Waals surface area (Å²) in [6.07, 6.45) is 11.6. The van der Waals surface area contributed by atoms with Gasteiger partial charge in [-0.25, -0.2) is 9.78 Å². The van der Waals surface area contributed by atoms with Crippen LogP contribution in [0.5, 0.6) is 0 Å². The molecule has 0 radical (unpaired) electrons. The molecule has 36 heavy (non-hydrogen) atoms. The number of nitrogens with zero attached hydrogens (tertiary/aromatic N) is 5. The lowest BCUT2D eigenvalue weighted by atomic mass is 9.81. The summed E-state index contributed by atoms with van der Waals surface area (Å²) in [7, 11) is 3.40. The van der Waals surface area contributed by atoms with Gasteiger partial charge in [0.15, 0.2) is 5.82 Å². The fourth-order valence-electron chi connectivity index (χ4n) is 5.81. The van der Waals surface area contributed by atoms with Gasteiger partial charge in [-0.15, -0.1) is 0 Å². The average molecular weight is 494 g/mol. The molecule has 4 amide bonds. The number of anilines is 2. The molecule has 3 fully saturated rings. The Balaban J connectivity index is 1.37. The van der Waals surface area contributed by atoms with E-state index in [-0.39, 0.29) is 17.9 Å². The maximum Gasteiger partial charge on any atom is 0.325 e. The topological polar surface area (TPSA) is 126 Å². The van der Waals surface area contributed by atoms with Crippen LogP contribution in [0.1, 0.15) is 50.5 Å². The molecular weight excluding hydrogens is 458 g/mol. The van der Waals surface area contributed by atoms with Crippen LogP contribution < -0.4 is 16.0 Å². The highest BCUT2D eigenvalue weighted by Gasteiger charge is 2.56. The minimum Gasteiger partial charge on any atom is -0.384 e. The Hall–Kier alpha value is -3.43. The summed E-state index contributed by atoms with van der Waals surface area (Å²) in [5, 5.41) is 7.50. The second-order valence-electron chi connectivity index (χ2n) is 10.5. The summed E-state index contributed by atoms with van der Waals surface area (Å²) < 4.78 is 1.61. The van der Waals surface area contributed by atoms with Crippen molar-refractivity contribution in [2.45, 2.75) is 63.5 Å². The number of hydrogen-bond donors (Lipinski definition) is 2. The number of likely N-dealkylation sites (N-methyl/N-ethyl adjacent to an activating group) is 1. The quantitative estimate of drug-likeness (QED) is 0.571. The van der Waals surface area contributed by atoms with Crippen LogP contribution >= 0.6 is 0 Å². The fraction of sp³-hybridized carbons (Fsp3) is 0.577. The van der Waals surface area contributed by atoms with Gasteiger partial charge in [-0.05, 0) is 61.6 Å². The molecule has 1 saturated heterocycles. The highest BCUT2D eigenvalue weighted by Crippen LogP contribution is 2.41. The summed E-state index contributed by atoms with van der Waals surface area (Å²) >= 11 is 0. The number of imide groups is 1. The van der Waals surface area contributed by atoms with Crippen molar-refractivity contribution in [3.05, 3.63) is 36.2 Å². The molecule has 3 N–H and O–H groups in total. The number of nitrogens with one attached hydrogen (secondary N) is 1. The third-order valence-corrected chi connectivity index (χ3v) is 7.94. The van der Waals surface area contributed by atoms with Crippen LogP contribution in [0.25, 0.3) is 0 Å². The Morgan fingerprint density at radius 2 is 1.89 bits per heavy atom. The molecule has 3 heterocycles. The lowest BCUT2D eigenvalue weighted by Crippen LogP contribution is -2.71. The molecule has 2 saturated carbocycles. The maximum absolute atomic E-state index is 13.7. The second-order valence-corrected chi connectivity index (χ2v) is 10.5. The molecule has 2 aliphatic carbocycles. The van der Waals surface area contributed by atoms with Gasteiger partial charge in [-0.1, -0.05) is 19.3 Å². The molecule has 192 valence electrons. The van der Waals surface area contributed by atoms with E-state index in [0.29, 0.717) is 29.9 Å². The lowest BCUT2D eigenvalue weighted by molar-refractivity contribution is -0.156. The van der Waals surface area contributed by atoms with Crippen molar-refractivity contribution in [1.29, 1.82) is 0 Å². The predicted molar refractivity (Wildman–Crippen MR) is 135 cm³/mol. The van der Waals surface area contributed by atoms with Crippen molar-refractivity contribution < 1.29 is 14.4 Å². The van der Waals surface area contributed by atoms with Gasteiger partial charge in [0, 0.05) is 38.6 Å². The molecule has 0 bridgehead atoms. The third-order valence-electron chi connectivity index (χ3n) is 7.94. The van der Waals surface area contributed by atoms with E-state index in [4.69, 9.17) is 5.73 Å². The Kier molecular flexibility index (Phi) is 6.68. The Morgan fingerprint density at radius 3 is 2.53 bits per heavy atom. The number of amides is 4. The molecule has 0 unspecified atom stereocenters. The molecule has 5 rings (SSSR count). The molecule has 3 aliphatic rings. The zero-order valence-electron chi connectivity index (χ0n) is 21.0. The van der Waals surface area contributed by atoms with Crippen LogP contribution in [-0.4, -0.2) is 56.6 Å². The third kappa shape index (κ3) is 4.81. The van der Waals surface area contributed by atoms with E-state index in [0.717, 1.165) is 36.1 Å². The number of likely N-dealkylation sites (tertiary alicyclic amines) is 1. The monoisotopic (exact) mass is 493 g/mol. The standard InChI is InChI=1S/C26H35N7O3/c1-31-13-11-21(30-31)32(2)25(35)23-19(14-16-10-12-28-20(27)15-16)24(34)33(23)26(36)29-22(18-8-9-18)17-6-4-3-5-7-17/h10-13,15,17-19,22-23H,3-9,14H2,1-2H3,(H2,27,28)(H,29,36)/t19-,22+,23+/m1/s1. The minimum atomic E-state index is -0.912. The summed E-state index contributed by atoms with van der Waals surface area (Å²) in [6.45, 7) is 0. The molecule has 0 aromatic carbocycles. The van der Waals surface area contributed by atoms with Gasteiger partial charge in [-0.2, -0.15) is 5.10 Å². The van der Waals surface area contributed by atoms with E-state index in [1.165, 1.54) is 24.2 Å². The average Bonchev–Trinajstić information content (AvgIpc) is 3.63. The van der Waals surface area contributed by atoms with Crippen LogP contribution in [0.2, 0.25) is 0 Å². The molecule has 1 aliphatic heterocycles. The zero-order valence-corrected chi connectivity index (χ0v) is 21.0. The van der Waals surface area contributed by atoms with Crippen LogP contribution in [0, 0.1) is 17.8 Å². The van der Waals surface area contributed by atoms with Crippen molar-refractivity contribution in [2.24, 2.45) is 24.8 Å². The van der Waals surface area contributed by atoms with E-state index in [9.17, 15) is 14.4 Å². The Labute approximate surface area is 211 Å². The number of aryl methyl sites for hydroxylation is 1. The highest BCUT2D eigenvalue weighted by atomic mass is 16.2. The van der Waals surface area contributed by atoms with Gasteiger partial charge < -0.3 is 11.1 Å². The summed E-state index contributed by atoms with van der Waals surface area (Å²) in [5.74, 6) is 0.381. The van der Waals surface area contributed by atoms with Gasteiger partial charge in [-0.3, -0.25) is 24.1 Å². The molecule has 2 aromatic rings. The van der Waals surface area contributed by atoms with Gasteiger partial charge in [0.05, 0.1) is 5.92 Å². The number of nitrogens with two attached hydrogens (primary N) is 1. The molecule has 0 spiro atoms. The van der Waals surface area contributed by atoms with E-state index in [1.807, 2.05) is 0 Å². The van der Waals surface area contributed by atoms with Gasteiger partial charge in [0.2, 0.25) is 5.91 Å². The maximum atomic E-state index is 13.7. The predicted octanol–water partition coefficient (Wildman–Crippen LogP) is 2.50. The first-order valence-corrected chi connectivity index (χ1v) is 12.9. The van der Waals surface area contributed by atoms with Crippen LogP contribution in [0.15, 0.2) is 30.6 Å². The summed E-state index contributed by atoms with van der Waals surface area (Å²) in [6, 6.07) is 3.90. The first kappa shape index (κ1) is 24.3. The fourth-order valence-corrected chi connectivity index (χ4v) is 5.81. The van der Waals surface area contributed by atoms with E-state index >= 15 is 0 Å². The van der Waals surface area contributed by atoms with E-state index < -0.39 is 18.0 Å². The SMILES string of the molecule is CN(C(=O)[C@@H]1[C@@H](Cc2ccnc(N)c2)C(=O)N1C(=O)N[C@@H](C1CCCCC1)C1CC1)c1ccn(C)n1. The lowest BCUT2D eigenvalue weighted by Gasteiger charge is -2.46.